The zero-order valence-electron chi connectivity index (χ0n) is 29.8. The Bertz CT molecular complexity index is 1820. The van der Waals surface area contributed by atoms with Gasteiger partial charge in [-0.2, -0.15) is 0 Å². The smallest absolute Gasteiger partial charge is 0.329 e. The van der Waals surface area contributed by atoms with Crippen LogP contribution in [0, 0.1) is 11.3 Å². The number of ether oxygens (including phenoxy) is 2. The number of Topliss-reactive ketones (excluding diaryl/α,β-unsaturated/α-hetero) is 1. The lowest BCUT2D eigenvalue weighted by Gasteiger charge is -2.32. The van der Waals surface area contributed by atoms with Crippen molar-refractivity contribution in [3.05, 3.63) is 131 Å². The highest BCUT2D eigenvalue weighted by molar-refractivity contribution is 5.95. The number of ketones is 1. The summed E-state index contributed by atoms with van der Waals surface area (Å²) in [4.78, 5) is 57.6. The van der Waals surface area contributed by atoms with Crippen LogP contribution in [0.25, 0.3) is 11.1 Å². The molecule has 1 aliphatic carbocycles. The van der Waals surface area contributed by atoms with Crippen molar-refractivity contribution in [1.29, 1.82) is 0 Å². The van der Waals surface area contributed by atoms with Crippen LogP contribution in [0.5, 0.6) is 0 Å². The third-order valence-corrected chi connectivity index (χ3v) is 10.0. The number of esters is 2. The Morgan fingerprint density at radius 2 is 1.35 bits per heavy atom. The van der Waals surface area contributed by atoms with Gasteiger partial charge in [-0.15, -0.1) is 0 Å². The van der Waals surface area contributed by atoms with Gasteiger partial charge in [-0.3, -0.25) is 14.4 Å². The van der Waals surface area contributed by atoms with Crippen molar-refractivity contribution in [3.8, 4) is 11.1 Å². The zero-order chi connectivity index (χ0) is 36.0. The topological polar surface area (TPSA) is 90.0 Å². The van der Waals surface area contributed by atoms with Crippen molar-refractivity contribution < 1.29 is 28.7 Å². The third kappa shape index (κ3) is 8.83. The number of hydrogen-bond acceptors (Lipinski definition) is 6. The average molecular weight is 686 g/mol. The number of benzene rings is 4. The molecule has 0 radical (unpaired) electrons. The Labute approximate surface area is 301 Å². The summed E-state index contributed by atoms with van der Waals surface area (Å²) in [5.74, 6) is -1.97. The van der Waals surface area contributed by atoms with E-state index in [4.69, 9.17) is 9.47 Å². The monoisotopic (exact) mass is 685 g/mol. The van der Waals surface area contributed by atoms with E-state index in [1.165, 1.54) is 0 Å². The average Bonchev–Trinajstić information content (AvgIpc) is 3.76. The molecule has 1 fully saturated rings. The summed E-state index contributed by atoms with van der Waals surface area (Å²) in [6.07, 6.45) is 2.18. The summed E-state index contributed by atoms with van der Waals surface area (Å²) in [6.45, 7) is 5.99. The van der Waals surface area contributed by atoms with Gasteiger partial charge in [0.25, 0.3) is 0 Å². The van der Waals surface area contributed by atoms with Gasteiger partial charge < -0.3 is 14.4 Å². The molecule has 1 heterocycles. The minimum atomic E-state index is -1.03. The highest BCUT2D eigenvalue weighted by atomic mass is 16.6. The fourth-order valence-electron chi connectivity index (χ4n) is 7.54. The maximum Gasteiger partial charge on any atom is 0.329 e. The second kappa shape index (κ2) is 15.5. The van der Waals surface area contributed by atoms with E-state index < -0.39 is 34.9 Å². The number of amides is 1. The lowest BCUT2D eigenvalue weighted by molar-refractivity contribution is -0.160. The van der Waals surface area contributed by atoms with Gasteiger partial charge in [0.05, 0.1) is 6.42 Å². The molecular weight excluding hydrogens is 638 g/mol. The molecule has 6 rings (SSSR count). The Balaban J connectivity index is 1.26. The summed E-state index contributed by atoms with van der Waals surface area (Å²) in [7, 11) is 0. The molecule has 2 atom stereocenters. The van der Waals surface area contributed by atoms with Gasteiger partial charge in [0.15, 0.2) is 0 Å². The van der Waals surface area contributed by atoms with Crippen LogP contribution < -0.4 is 0 Å². The third-order valence-electron chi connectivity index (χ3n) is 10.0. The lowest BCUT2D eigenvalue weighted by Crippen LogP contribution is -2.46. The molecule has 4 aromatic rings. The van der Waals surface area contributed by atoms with Gasteiger partial charge in [0, 0.05) is 24.3 Å². The van der Waals surface area contributed by atoms with Crippen molar-refractivity contribution in [2.24, 2.45) is 11.3 Å². The predicted molar refractivity (Wildman–Crippen MR) is 196 cm³/mol. The van der Waals surface area contributed by atoms with E-state index >= 15 is 0 Å². The Hall–Kier alpha value is -5.04. The number of hydrogen-bond donors (Lipinski definition) is 0. The second-order valence-electron chi connectivity index (χ2n) is 15.0. The normalized spacial score (nSPS) is 17.0. The molecule has 0 spiro atoms. The summed E-state index contributed by atoms with van der Waals surface area (Å²) < 4.78 is 11.4. The van der Waals surface area contributed by atoms with E-state index in [0.717, 1.165) is 33.4 Å². The van der Waals surface area contributed by atoms with Gasteiger partial charge in [-0.05, 0) is 86.3 Å². The van der Waals surface area contributed by atoms with Crippen molar-refractivity contribution in [3.63, 3.8) is 0 Å². The van der Waals surface area contributed by atoms with Crippen molar-refractivity contribution in [1.82, 2.24) is 4.90 Å². The first-order chi connectivity index (χ1) is 24.5. The van der Waals surface area contributed by atoms with Gasteiger partial charge in [0.1, 0.15) is 24.0 Å². The first-order valence-electron chi connectivity index (χ1n) is 18.0. The second-order valence-corrected chi connectivity index (χ2v) is 15.0. The number of rotatable bonds is 12. The maximum atomic E-state index is 14.7. The number of carbonyl (C=O) groups is 4. The number of nitrogens with zero attached hydrogens (tertiary/aromatic N) is 1. The van der Waals surface area contributed by atoms with Crippen LogP contribution in [-0.2, 0) is 54.5 Å². The quantitative estimate of drug-likeness (QED) is 0.142. The molecule has 0 bridgehead atoms. The minimum absolute atomic E-state index is 0.0572. The SMILES string of the molecule is CC(C)(C)OC(=O)CC1(C(=O)C[C@@H](Cc2ccc(-c3ccccc3)cc2)C(=O)N2CCC[C@H]2C(=O)OCc2ccccc2)Cc2ccccc2C1. The standard InChI is InChI=1S/C44H47NO6/c1-43(2,3)51-40(47)29-44(27-35-17-10-11-18-36(35)28-44)39(46)26-37(25-31-20-22-34(23-21-31)33-15-8-5-9-16-33)41(48)45-24-12-19-38(45)42(49)50-30-32-13-6-4-7-14-32/h4-11,13-18,20-23,37-38H,12,19,24-30H2,1-3H3/t37-,38+/m1/s1. The molecule has 51 heavy (non-hydrogen) atoms. The molecule has 0 unspecified atom stereocenters. The summed E-state index contributed by atoms with van der Waals surface area (Å²) >= 11 is 0. The molecule has 1 amide bonds. The minimum Gasteiger partial charge on any atom is -0.460 e. The molecule has 7 heteroatoms. The fraction of sp³-hybridized carbons (Fsp3) is 0.364. The predicted octanol–water partition coefficient (Wildman–Crippen LogP) is 7.72. The van der Waals surface area contributed by atoms with Crippen LogP contribution in [0.2, 0.25) is 0 Å². The van der Waals surface area contributed by atoms with E-state index in [1.54, 1.807) is 4.90 Å². The van der Waals surface area contributed by atoms with Crippen LogP contribution in [0.1, 0.15) is 68.7 Å². The summed E-state index contributed by atoms with van der Waals surface area (Å²) in [5, 5.41) is 0. The van der Waals surface area contributed by atoms with Crippen LogP contribution in [0.15, 0.2) is 109 Å². The molecule has 0 aromatic heterocycles. The first-order valence-corrected chi connectivity index (χ1v) is 18.0. The van der Waals surface area contributed by atoms with Crippen LogP contribution in [0.3, 0.4) is 0 Å². The summed E-state index contributed by atoms with van der Waals surface area (Å²) in [6, 6.07) is 34.8. The van der Waals surface area contributed by atoms with E-state index in [9.17, 15) is 19.2 Å². The molecule has 0 N–H and O–H groups in total. The van der Waals surface area contributed by atoms with Crippen LogP contribution >= 0.6 is 0 Å². The molecule has 0 saturated carbocycles. The summed E-state index contributed by atoms with van der Waals surface area (Å²) in [5.41, 5.74) is 4.28. The van der Waals surface area contributed by atoms with Gasteiger partial charge >= 0.3 is 11.9 Å². The molecule has 1 aliphatic heterocycles. The molecule has 2 aliphatic rings. The maximum absolute atomic E-state index is 14.7. The highest BCUT2D eigenvalue weighted by Gasteiger charge is 2.48. The first kappa shape index (κ1) is 35.8. The Morgan fingerprint density at radius 3 is 1.98 bits per heavy atom. The fourth-order valence-corrected chi connectivity index (χ4v) is 7.54. The van der Waals surface area contributed by atoms with E-state index in [1.807, 2.05) is 130 Å². The zero-order valence-corrected chi connectivity index (χ0v) is 29.8. The van der Waals surface area contributed by atoms with E-state index in [2.05, 4.69) is 0 Å². The van der Waals surface area contributed by atoms with Crippen LogP contribution in [-0.4, -0.2) is 46.7 Å². The van der Waals surface area contributed by atoms with E-state index in [-0.39, 0.29) is 31.1 Å². The lowest BCUT2D eigenvalue weighted by atomic mass is 9.73. The Kier molecular flexibility index (Phi) is 10.8. The van der Waals surface area contributed by atoms with Crippen molar-refractivity contribution in [2.45, 2.75) is 84.0 Å². The number of likely N-dealkylation sites (tertiary alicyclic amines) is 1. The van der Waals surface area contributed by atoms with Crippen molar-refractivity contribution in [2.75, 3.05) is 6.54 Å². The van der Waals surface area contributed by atoms with Crippen LogP contribution in [0.4, 0.5) is 0 Å². The molecule has 264 valence electrons. The van der Waals surface area contributed by atoms with Gasteiger partial charge in [-0.25, -0.2) is 4.79 Å². The van der Waals surface area contributed by atoms with Gasteiger partial charge in [0.2, 0.25) is 5.91 Å². The van der Waals surface area contributed by atoms with Gasteiger partial charge in [-0.1, -0.05) is 109 Å². The molecule has 1 saturated heterocycles. The molecule has 4 aromatic carbocycles. The Morgan fingerprint density at radius 1 is 0.765 bits per heavy atom. The highest BCUT2D eigenvalue weighted by Crippen LogP contribution is 2.43. The largest absolute Gasteiger partial charge is 0.460 e. The molecular formula is C44H47NO6. The van der Waals surface area contributed by atoms with E-state index in [0.29, 0.717) is 38.6 Å². The van der Waals surface area contributed by atoms with Crippen molar-refractivity contribution >= 4 is 23.6 Å². The molecule has 7 nitrogen and oxygen atoms in total. The number of carbonyl (C=O) groups excluding carboxylic acids is 4. The number of fused-ring (bicyclic) bond motifs is 1.